The van der Waals surface area contributed by atoms with Gasteiger partial charge in [-0.2, -0.15) is 0 Å². The van der Waals surface area contributed by atoms with Gasteiger partial charge in [0.15, 0.2) is 4.96 Å². The van der Waals surface area contributed by atoms with E-state index in [1.54, 1.807) is 10.5 Å². The SMILES string of the molecule is O=c1cc(-c2ccc(Cl)cc2)sc2nc3ccccc3n12. The zero-order valence-electron chi connectivity index (χ0n) is 10.8. The summed E-state index contributed by atoms with van der Waals surface area (Å²) in [5, 5.41) is 0.679. The molecular weight excluding hydrogens is 304 g/mol. The average molecular weight is 313 g/mol. The third-order valence-electron chi connectivity index (χ3n) is 3.33. The zero-order chi connectivity index (χ0) is 14.4. The number of fused-ring (bicyclic) bond motifs is 3. The summed E-state index contributed by atoms with van der Waals surface area (Å²) in [5.41, 5.74) is 2.58. The Kier molecular flexibility index (Phi) is 2.80. The molecule has 0 radical (unpaired) electrons. The number of rotatable bonds is 1. The van der Waals surface area contributed by atoms with Crippen LogP contribution < -0.4 is 5.56 Å². The van der Waals surface area contributed by atoms with Crippen LogP contribution in [0.2, 0.25) is 5.02 Å². The van der Waals surface area contributed by atoms with Crippen molar-refractivity contribution in [2.24, 2.45) is 0 Å². The molecule has 0 amide bonds. The Morgan fingerprint density at radius 1 is 1.05 bits per heavy atom. The first kappa shape index (κ1) is 12.6. The van der Waals surface area contributed by atoms with Gasteiger partial charge in [-0.3, -0.25) is 9.20 Å². The van der Waals surface area contributed by atoms with Gasteiger partial charge < -0.3 is 0 Å². The summed E-state index contributed by atoms with van der Waals surface area (Å²) < 4.78 is 1.65. The fourth-order valence-electron chi connectivity index (χ4n) is 2.35. The fourth-order valence-corrected chi connectivity index (χ4v) is 3.51. The highest BCUT2D eigenvalue weighted by Crippen LogP contribution is 2.27. The van der Waals surface area contributed by atoms with Crippen LogP contribution in [0.25, 0.3) is 26.4 Å². The zero-order valence-corrected chi connectivity index (χ0v) is 12.4. The van der Waals surface area contributed by atoms with Gasteiger partial charge in [-0.1, -0.05) is 47.2 Å². The molecular formula is C16H9ClN2OS. The Labute approximate surface area is 129 Å². The molecule has 0 atom stereocenters. The Bertz CT molecular complexity index is 1020. The highest BCUT2D eigenvalue weighted by Gasteiger charge is 2.10. The van der Waals surface area contributed by atoms with E-state index in [0.717, 1.165) is 21.5 Å². The number of benzene rings is 2. The molecule has 0 aliphatic carbocycles. The third-order valence-corrected chi connectivity index (χ3v) is 4.62. The molecule has 2 aromatic heterocycles. The van der Waals surface area contributed by atoms with Crippen molar-refractivity contribution in [1.29, 1.82) is 0 Å². The summed E-state index contributed by atoms with van der Waals surface area (Å²) in [5.74, 6) is 0. The van der Waals surface area contributed by atoms with Crippen LogP contribution in [0.15, 0.2) is 59.4 Å². The summed E-state index contributed by atoms with van der Waals surface area (Å²) in [6, 6.07) is 16.8. The Balaban J connectivity index is 2.03. The monoisotopic (exact) mass is 312 g/mol. The van der Waals surface area contributed by atoms with E-state index in [2.05, 4.69) is 4.98 Å². The minimum Gasteiger partial charge on any atom is -0.269 e. The maximum absolute atomic E-state index is 12.4. The van der Waals surface area contributed by atoms with Crippen molar-refractivity contribution in [3.8, 4) is 10.4 Å². The van der Waals surface area contributed by atoms with Crippen molar-refractivity contribution >= 4 is 38.9 Å². The van der Waals surface area contributed by atoms with E-state index in [-0.39, 0.29) is 5.56 Å². The van der Waals surface area contributed by atoms with Crippen molar-refractivity contribution in [3.63, 3.8) is 0 Å². The van der Waals surface area contributed by atoms with Crippen LogP contribution in [-0.4, -0.2) is 9.38 Å². The molecule has 0 N–H and O–H groups in total. The quantitative estimate of drug-likeness (QED) is 0.527. The standard InChI is InChI=1S/C16H9ClN2OS/c17-11-7-5-10(6-8-11)14-9-15(20)19-13-4-2-1-3-12(13)18-16(19)21-14/h1-9H. The molecule has 5 heteroatoms. The van der Waals surface area contributed by atoms with Crippen molar-refractivity contribution in [1.82, 2.24) is 9.38 Å². The van der Waals surface area contributed by atoms with E-state index in [1.165, 1.54) is 11.3 Å². The highest BCUT2D eigenvalue weighted by atomic mass is 35.5. The molecule has 0 saturated carbocycles. The number of halogens is 1. The number of hydrogen-bond donors (Lipinski definition) is 0. The molecule has 0 unspecified atom stereocenters. The lowest BCUT2D eigenvalue weighted by Gasteiger charge is -2.01. The van der Waals surface area contributed by atoms with E-state index in [4.69, 9.17) is 11.6 Å². The first-order valence-corrected chi connectivity index (χ1v) is 7.59. The van der Waals surface area contributed by atoms with Crippen molar-refractivity contribution in [2.45, 2.75) is 0 Å². The van der Waals surface area contributed by atoms with Crippen molar-refractivity contribution in [2.75, 3.05) is 0 Å². The Morgan fingerprint density at radius 2 is 1.81 bits per heavy atom. The molecule has 3 nitrogen and oxygen atoms in total. The van der Waals surface area contributed by atoms with Crippen molar-refractivity contribution < 1.29 is 0 Å². The van der Waals surface area contributed by atoms with Gasteiger partial charge in [0, 0.05) is 16.0 Å². The number of para-hydroxylation sites is 2. The van der Waals surface area contributed by atoms with Crippen LogP contribution in [-0.2, 0) is 0 Å². The second-order valence-corrected chi connectivity index (χ2v) is 6.12. The van der Waals surface area contributed by atoms with Crippen LogP contribution >= 0.6 is 22.9 Å². The van der Waals surface area contributed by atoms with Gasteiger partial charge >= 0.3 is 0 Å². The molecule has 4 aromatic rings. The van der Waals surface area contributed by atoms with Crippen LogP contribution in [0.3, 0.4) is 0 Å². The van der Waals surface area contributed by atoms with E-state index in [0.29, 0.717) is 9.98 Å². The number of imidazole rings is 1. The Hall–Kier alpha value is -2.17. The van der Waals surface area contributed by atoms with Crippen LogP contribution in [0.1, 0.15) is 0 Å². The maximum Gasteiger partial charge on any atom is 0.258 e. The van der Waals surface area contributed by atoms with E-state index in [1.807, 2.05) is 48.5 Å². The lowest BCUT2D eigenvalue weighted by molar-refractivity contribution is 1.18. The predicted octanol–water partition coefficient (Wildman–Crippen LogP) is 4.23. The summed E-state index contributed by atoms with van der Waals surface area (Å²) >= 11 is 7.40. The highest BCUT2D eigenvalue weighted by molar-refractivity contribution is 7.20. The van der Waals surface area contributed by atoms with Crippen LogP contribution in [0.4, 0.5) is 0 Å². The maximum atomic E-state index is 12.4. The minimum absolute atomic E-state index is 0.0672. The topological polar surface area (TPSA) is 34.4 Å². The second kappa shape index (κ2) is 4.69. The van der Waals surface area contributed by atoms with Gasteiger partial charge in [-0.25, -0.2) is 4.98 Å². The predicted molar refractivity (Wildman–Crippen MR) is 87.3 cm³/mol. The molecule has 0 spiro atoms. The van der Waals surface area contributed by atoms with E-state index < -0.39 is 0 Å². The summed E-state index contributed by atoms with van der Waals surface area (Å²) in [7, 11) is 0. The average Bonchev–Trinajstić information content (AvgIpc) is 2.86. The van der Waals surface area contributed by atoms with Gasteiger partial charge in [0.05, 0.1) is 11.0 Å². The molecule has 21 heavy (non-hydrogen) atoms. The fraction of sp³-hybridized carbons (Fsp3) is 0. The van der Waals surface area contributed by atoms with Crippen molar-refractivity contribution in [3.05, 3.63) is 70.0 Å². The molecule has 4 rings (SSSR count). The number of hydrogen-bond acceptors (Lipinski definition) is 3. The smallest absolute Gasteiger partial charge is 0.258 e. The first-order valence-electron chi connectivity index (χ1n) is 6.40. The van der Waals surface area contributed by atoms with E-state index >= 15 is 0 Å². The molecule has 102 valence electrons. The number of aromatic nitrogens is 2. The van der Waals surface area contributed by atoms with Gasteiger partial charge in [0.2, 0.25) is 0 Å². The van der Waals surface area contributed by atoms with Crippen LogP contribution in [0.5, 0.6) is 0 Å². The molecule has 0 fully saturated rings. The second-order valence-electron chi connectivity index (χ2n) is 4.67. The van der Waals surface area contributed by atoms with Gasteiger partial charge in [-0.15, -0.1) is 0 Å². The molecule has 0 bridgehead atoms. The summed E-state index contributed by atoms with van der Waals surface area (Å²) in [6.45, 7) is 0. The Morgan fingerprint density at radius 3 is 2.62 bits per heavy atom. The molecule has 0 aliphatic heterocycles. The normalized spacial score (nSPS) is 11.3. The van der Waals surface area contributed by atoms with Gasteiger partial charge in [-0.05, 0) is 29.8 Å². The van der Waals surface area contributed by atoms with Gasteiger partial charge in [0.1, 0.15) is 0 Å². The third kappa shape index (κ3) is 2.04. The summed E-state index contributed by atoms with van der Waals surface area (Å²) in [4.78, 5) is 18.5. The number of nitrogens with zero attached hydrogens (tertiary/aromatic N) is 2. The van der Waals surface area contributed by atoms with Crippen LogP contribution in [0, 0.1) is 0 Å². The lowest BCUT2D eigenvalue weighted by Crippen LogP contribution is -2.09. The largest absolute Gasteiger partial charge is 0.269 e. The molecule has 0 saturated heterocycles. The lowest BCUT2D eigenvalue weighted by atomic mass is 10.2. The molecule has 0 aliphatic rings. The first-order chi connectivity index (χ1) is 10.2. The van der Waals surface area contributed by atoms with E-state index in [9.17, 15) is 4.79 Å². The molecule has 2 heterocycles. The molecule has 2 aromatic carbocycles. The minimum atomic E-state index is -0.0672. The summed E-state index contributed by atoms with van der Waals surface area (Å²) in [6.07, 6.45) is 0. The van der Waals surface area contributed by atoms with Gasteiger partial charge in [0.25, 0.3) is 5.56 Å².